The summed E-state index contributed by atoms with van der Waals surface area (Å²) in [5, 5.41) is 8.36. The van der Waals surface area contributed by atoms with Crippen LogP contribution in [-0.2, 0) is 13.1 Å². The Kier molecular flexibility index (Phi) is 3.42. The van der Waals surface area contributed by atoms with Crippen molar-refractivity contribution in [3.05, 3.63) is 24.4 Å². The van der Waals surface area contributed by atoms with Gasteiger partial charge in [0.15, 0.2) is 5.82 Å². The first-order valence-corrected chi connectivity index (χ1v) is 7.77. The fraction of sp³-hybridized carbons (Fsp3) is 0.714. The molecule has 3 heterocycles. The molecule has 4 rings (SSSR count). The van der Waals surface area contributed by atoms with Crippen LogP contribution in [0.15, 0.2) is 17.2 Å². The Labute approximate surface area is 123 Å². The maximum absolute atomic E-state index is 5.36. The summed E-state index contributed by atoms with van der Waals surface area (Å²) >= 11 is 0. The van der Waals surface area contributed by atoms with Crippen molar-refractivity contribution in [2.75, 3.05) is 6.54 Å². The molecule has 112 valence electrons. The Morgan fingerprint density at radius 1 is 1.24 bits per heavy atom. The van der Waals surface area contributed by atoms with Crippen molar-refractivity contribution in [1.82, 2.24) is 29.8 Å². The van der Waals surface area contributed by atoms with E-state index in [1.54, 1.807) is 12.7 Å². The highest BCUT2D eigenvalue weighted by atomic mass is 16.5. The lowest BCUT2D eigenvalue weighted by atomic mass is 10.0. The van der Waals surface area contributed by atoms with Crippen molar-refractivity contribution in [3.63, 3.8) is 0 Å². The number of nitrogens with zero attached hydrogens (tertiary/aromatic N) is 6. The van der Waals surface area contributed by atoms with Crippen molar-refractivity contribution in [2.24, 2.45) is 0 Å². The molecule has 2 aromatic heterocycles. The standard InChI is InChI=1S/C14H20N6O/c1-2-6-19(12(3-1)7-20-10-15-9-16-20)8-13-17-14(21-18-13)11-4-5-11/h9-12H,1-8H2/t12-/m0/s1. The van der Waals surface area contributed by atoms with Crippen LogP contribution < -0.4 is 0 Å². The number of likely N-dealkylation sites (tertiary alicyclic amines) is 1. The second kappa shape index (κ2) is 5.55. The van der Waals surface area contributed by atoms with Crippen LogP contribution in [0.2, 0.25) is 0 Å². The van der Waals surface area contributed by atoms with Gasteiger partial charge in [0.1, 0.15) is 12.7 Å². The molecule has 0 radical (unpaired) electrons. The fourth-order valence-corrected chi connectivity index (χ4v) is 3.03. The van der Waals surface area contributed by atoms with Crippen LogP contribution in [0.4, 0.5) is 0 Å². The zero-order valence-electron chi connectivity index (χ0n) is 12.1. The minimum Gasteiger partial charge on any atom is -0.339 e. The second-order valence-electron chi connectivity index (χ2n) is 6.06. The lowest BCUT2D eigenvalue weighted by molar-refractivity contribution is 0.117. The number of rotatable bonds is 5. The van der Waals surface area contributed by atoms with Gasteiger partial charge in [-0.25, -0.2) is 4.98 Å². The molecule has 0 amide bonds. The molecule has 2 aromatic rings. The molecule has 1 aliphatic heterocycles. The van der Waals surface area contributed by atoms with Crippen LogP contribution in [0.3, 0.4) is 0 Å². The third kappa shape index (κ3) is 2.97. The van der Waals surface area contributed by atoms with Gasteiger partial charge in [-0.2, -0.15) is 10.1 Å². The second-order valence-corrected chi connectivity index (χ2v) is 6.06. The Morgan fingerprint density at radius 3 is 3.00 bits per heavy atom. The van der Waals surface area contributed by atoms with Crippen LogP contribution in [-0.4, -0.2) is 42.4 Å². The predicted octanol–water partition coefficient (Wildman–Crippen LogP) is 1.59. The predicted molar refractivity (Wildman–Crippen MR) is 74.3 cm³/mol. The lowest BCUT2D eigenvalue weighted by Crippen LogP contribution is -2.41. The van der Waals surface area contributed by atoms with E-state index in [0.717, 1.165) is 31.3 Å². The van der Waals surface area contributed by atoms with Crippen molar-refractivity contribution >= 4 is 0 Å². The van der Waals surface area contributed by atoms with Crippen LogP contribution in [0.5, 0.6) is 0 Å². The quantitative estimate of drug-likeness (QED) is 0.832. The molecular weight excluding hydrogens is 268 g/mol. The van der Waals surface area contributed by atoms with E-state index in [1.165, 1.54) is 32.1 Å². The monoisotopic (exact) mass is 288 g/mol. The highest BCUT2D eigenvalue weighted by Crippen LogP contribution is 2.38. The molecule has 0 unspecified atom stereocenters. The summed E-state index contributed by atoms with van der Waals surface area (Å²) in [6, 6.07) is 0.475. The zero-order valence-corrected chi connectivity index (χ0v) is 12.1. The molecule has 0 aromatic carbocycles. The maximum atomic E-state index is 5.36. The SMILES string of the molecule is c1ncn(C[C@@H]2CCCCN2Cc2noc(C3CC3)n2)n1. The first-order chi connectivity index (χ1) is 10.4. The van der Waals surface area contributed by atoms with E-state index in [-0.39, 0.29) is 0 Å². The minimum atomic E-state index is 0.475. The maximum Gasteiger partial charge on any atom is 0.229 e. The summed E-state index contributed by atoms with van der Waals surface area (Å²) in [6.45, 7) is 2.75. The molecular formula is C14H20N6O. The minimum absolute atomic E-state index is 0.475. The molecule has 1 aliphatic carbocycles. The first kappa shape index (κ1) is 12.9. The molecule has 2 fully saturated rings. The van der Waals surface area contributed by atoms with Gasteiger partial charge in [-0.3, -0.25) is 9.58 Å². The molecule has 1 atom stereocenters. The van der Waals surface area contributed by atoms with Gasteiger partial charge in [0.25, 0.3) is 0 Å². The number of aromatic nitrogens is 5. The Hall–Kier alpha value is -1.76. The van der Waals surface area contributed by atoms with Gasteiger partial charge in [0.2, 0.25) is 5.89 Å². The molecule has 7 heteroatoms. The molecule has 2 aliphatic rings. The van der Waals surface area contributed by atoms with E-state index in [1.807, 2.05) is 4.68 Å². The van der Waals surface area contributed by atoms with Gasteiger partial charge in [0.05, 0.1) is 13.1 Å². The number of hydrogen-bond acceptors (Lipinski definition) is 6. The third-order valence-corrected chi connectivity index (χ3v) is 4.37. The van der Waals surface area contributed by atoms with Crippen molar-refractivity contribution in [2.45, 2.75) is 57.2 Å². The van der Waals surface area contributed by atoms with Gasteiger partial charge >= 0.3 is 0 Å². The third-order valence-electron chi connectivity index (χ3n) is 4.37. The van der Waals surface area contributed by atoms with E-state index in [0.29, 0.717) is 12.0 Å². The first-order valence-electron chi connectivity index (χ1n) is 7.77. The van der Waals surface area contributed by atoms with Gasteiger partial charge in [0, 0.05) is 12.0 Å². The molecule has 0 bridgehead atoms. The van der Waals surface area contributed by atoms with Crippen LogP contribution in [0, 0.1) is 0 Å². The zero-order chi connectivity index (χ0) is 14.1. The number of piperidine rings is 1. The lowest BCUT2D eigenvalue weighted by Gasteiger charge is -2.34. The number of hydrogen-bond donors (Lipinski definition) is 0. The topological polar surface area (TPSA) is 72.9 Å². The van der Waals surface area contributed by atoms with E-state index < -0.39 is 0 Å². The molecule has 0 N–H and O–H groups in total. The highest BCUT2D eigenvalue weighted by Gasteiger charge is 2.30. The van der Waals surface area contributed by atoms with Crippen molar-refractivity contribution < 1.29 is 4.52 Å². The fourth-order valence-electron chi connectivity index (χ4n) is 3.03. The average molecular weight is 288 g/mol. The van der Waals surface area contributed by atoms with E-state index >= 15 is 0 Å². The van der Waals surface area contributed by atoms with Gasteiger partial charge in [-0.1, -0.05) is 11.6 Å². The molecule has 21 heavy (non-hydrogen) atoms. The largest absolute Gasteiger partial charge is 0.339 e. The van der Waals surface area contributed by atoms with Gasteiger partial charge in [-0.05, 0) is 32.2 Å². The normalized spacial score (nSPS) is 23.5. The summed E-state index contributed by atoms with van der Waals surface area (Å²) in [5.41, 5.74) is 0. The van der Waals surface area contributed by atoms with E-state index in [2.05, 4.69) is 25.1 Å². The molecule has 1 saturated heterocycles. The van der Waals surface area contributed by atoms with Crippen LogP contribution >= 0.6 is 0 Å². The summed E-state index contributed by atoms with van der Waals surface area (Å²) in [7, 11) is 0. The Bertz CT molecular complexity index is 576. The van der Waals surface area contributed by atoms with Crippen molar-refractivity contribution in [3.8, 4) is 0 Å². The van der Waals surface area contributed by atoms with Crippen LogP contribution in [0.1, 0.15) is 49.7 Å². The summed E-state index contributed by atoms with van der Waals surface area (Å²) in [6.07, 6.45) is 9.46. The molecule has 0 spiro atoms. The summed E-state index contributed by atoms with van der Waals surface area (Å²) in [4.78, 5) is 11.0. The average Bonchev–Trinajstić information content (AvgIpc) is 3.03. The Balaban J connectivity index is 1.42. The summed E-state index contributed by atoms with van der Waals surface area (Å²) < 4.78 is 7.27. The smallest absolute Gasteiger partial charge is 0.229 e. The van der Waals surface area contributed by atoms with Crippen molar-refractivity contribution in [1.29, 1.82) is 0 Å². The highest BCUT2D eigenvalue weighted by molar-refractivity contribution is 5.02. The van der Waals surface area contributed by atoms with Gasteiger partial charge < -0.3 is 4.52 Å². The van der Waals surface area contributed by atoms with E-state index in [9.17, 15) is 0 Å². The molecule has 1 saturated carbocycles. The summed E-state index contributed by atoms with van der Waals surface area (Å²) in [5.74, 6) is 2.18. The van der Waals surface area contributed by atoms with E-state index in [4.69, 9.17) is 4.52 Å². The Morgan fingerprint density at radius 2 is 2.19 bits per heavy atom. The van der Waals surface area contributed by atoms with Crippen LogP contribution in [0.25, 0.3) is 0 Å². The van der Waals surface area contributed by atoms with Gasteiger partial charge in [-0.15, -0.1) is 0 Å². The molecule has 7 nitrogen and oxygen atoms in total.